The third-order valence-corrected chi connectivity index (χ3v) is 5.23. The van der Waals surface area contributed by atoms with E-state index in [0.717, 1.165) is 31.4 Å². The number of carbonyl (C=O) groups excluding carboxylic acids is 2. The molecule has 154 valence electrons. The molecular formula is C23H29N3O3. The first-order valence-electron chi connectivity index (χ1n) is 10.2. The van der Waals surface area contributed by atoms with Crippen molar-refractivity contribution in [1.82, 2.24) is 9.78 Å². The fourth-order valence-electron chi connectivity index (χ4n) is 3.68. The fraction of sp³-hybridized carbons (Fsp3) is 0.435. The highest BCUT2D eigenvalue weighted by Gasteiger charge is 2.34. The lowest BCUT2D eigenvalue weighted by atomic mass is 9.85. The number of allylic oxidation sites excluding steroid dienone is 1. The second-order valence-electron chi connectivity index (χ2n) is 7.69. The van der Waals surface area contributed by atoms with Crippen LogP contribution in [0.4, 0.5) is 5.82 Å². The Morgan fingerprint density at radius 2 is 1.90 bits per heavy atom. The molecule has 1 amide bonds. The Bertz CT molecular complexity index is 876. The smallest absolute Gasteiger partial charge is 0.343 e. The number of para-hydroxylation sites is 1. The molecular weight excluding hydrogens is 366 g/mol. The van der Waals surface area contributed by atoms with Crippen molar-refractivity contribution in [2.24, 2.45) is 5.92 Å². The summed E-state index contributed by atoms with van der Waals surface area (Å²) in [6.07, 6.45) is 4.95. The first kappa shape index (κ1) is 20.8. The SMILES string of the molecule is C=C1CCC(C(=O)N(c2nn(-c3ccccc3)cc2C(=O)OCC)C(C)C)CC1. The topological polar surface area (TPSA) is 64.4 Å². The van der Waals surface area contributed by atoms with Crippen molar-refractivity contribution in [3.63, 3.8) is 0 Å². The van der Waals surface area contributed by atoms with Gasteiger partial charge in [-0.15, -0.1) is 5.10 Å². The number of hydrogen-bond acceptors (Lipinski definition) is 4. The normalized spacial score (nSPS) is 14.8. The maximum atomic E-state index is 13.4. The molecule has 1 aromatic heterocycles. The van der Waals surface area contributed by atoms with Crippen LogP contribution in [0.1, 0.15) is 56.8 Å². The molecule has 6 heteroatoms. The van der Waals surface area contributed by atoms with Gasteiger partial charge in [-0.25, -0.2) is 9.48 Å². The first-order valence-corrected chi connectivity index (χ1v) is 10.2. The summed E-state index contributed by atoms with van der Waals surface area (Å²) < 4.78 is 6.88. The quantitative estimate of drug-likeness (QED) is 0.532. The van der Waals surface area contributed by atoms with Crippen LogP contribution in [0.5, 0.6) is 0 Å². The Labute approximate surface area is 172 Å². The zero-order chi connectivity index (χ0) is 21.0. The largest absolute Gasteiger partial charge is 0.462 e. The van der Waals surface area contributed by atoms with Gasteiger partial charge in [-0.2, -0.15) is 0 Å². The Morgan fingerprint density at radius 3 is 2.48 bits per heavy atom. The fourth-order valence-corrected chi connectivity index (χ4v) is 3.68. The molecule has 0 spiro atoms. The number of ether oxygens (including phenoxy) is 1. The lowest BCUT2D eigenvalue weighted by Gasteiger charge is -2.31. The Hall–Kier alpha value is -2.89. The Balaban J connectivity index is 2.02. The van der Waals surface area contributed by atoms with Crippen LogP contribution in [0, 0.1) is 5.92 Å². The molecule has 2 aromatic rings. The lowest BCUT2D eigenvalue weighted by Crippen LogP contribution is -2.43. The standard InChI is InChI=1S/C23H29N3O3/c1-5-29-23(28)20-15-25(19-9-7-6-8-10-19)24-21(20)26(16(2)3)22(27)18-13-11-17(4)12-14-18/h6-10,15-16,18H,4-5,11-14H2,1-3H3. The molecule has 1 aromatic carbocycles. The molecule has 0 atom stereocenters. The van der Waals surface area contributed by atoms with Crippen molar-refractivity contribution in [3.05, 3.63) is 54.2 Å². The van der Waals surface area contributed by atoms with Crippen LogP contribution in [-0.2, 0) is 9.53 Å². The summed E-state index contributed by atoms with van der Waals surface area (Å²) in [5, 5.41) is 4.64. The highest BCUT2D eigenvalue weighted by molar-refractivity contribution is 6.02. The third-order valence-electron chi connectivity index (χ3n) is 5.23. The third kappa shape index (κ3) is 4.58. The molecule has 0 saturated heterocycles. The van der Waals surface area contributed by atoms with Gasteiger partial charge in [-0.05, 0) is 58.6 Å². The van der Waals surface area contributed by atoms with E-state index >= 15 is 0 Å². The maximum absolute atomic E-state index is 13.4. The number of aromatic nitrogens is 2. The predicted molar refractivity (Wildman–Crippen MR) is 113 cm³/mol. The summed E-state index contributed by atoms with van der Waals surface area (Å²) in [7, 11) is 0. The molecule has 0 aliphatic heterocycles. The molecule has 0 bridgehead atoms. The van der Waals surface area contributed by atoms with E-state index in [1.54, 1.807) is 22.7 Å². The van der Waals surface area contributed by atoms with Gasteiger partial charge in [0.1, 0.15) is 5.56 Å². The number of benzene rings is 1. The summed E-state index contributed by atoms with van der Waals surface area (Å²) in [4.78, 5) is 27.7. The monoisotopic (exact) mass is 395 g/mol. The Kier molecular flexibility index (Phi) is 6.52. The van der Waals surface area contributed by atoms with Crippen molar-refractivity contribution >= 4 is 17.7 Å². The summed E-state index contributed by atoms with van der Waals surface area (Å²) in [6.45, 7) is 9.94. The van der Waals surface area contributed by atoms with Crippen molar-refractivity contribution < 1.29 is 14.3 Å². The predicted octanol–water partition coefficient (Wildman–Crippen LogP) is 4.54. The summed E-state index contributed by atoms with van der Waals surface area (Å²) >= 11 is 0. The Morgan fingerprint density at radius 1 is 1.24 bits per heavy atom. The highest BCUT2D eigenvalue weighted by Crippen LogP contribution is 2.32. The van der Waals surface area contributed by atoms with Gasteiger partial charge in [0, 0.05) is 18.2 Å². The van der Waals surface area contributed by atoms with Crippen molar-refractivity contribution in [2.75, 3.05) is 11.5 Å². The van der Waals surface area contributed by atoms with Gasteiger partial charge in [-0.1, -0.05) is 30.4 Å². The van der Waals surface area contributed by atoms with E-state index in [0.29, 0.717) is 11.4 Å². The number of hydrogen-bond donors (Lipinski definition) is 0. The summed E-state index contributed by atoms with van der Waals surface area (Å²) in [6, 6.07) is 9.39. The molecule has 0 unspecified atom stereocenters. The number of esters is 1. The van der Waals surface area contributed by atoms with E-state index in [4.69, 9.17) is 4.74 Å². The zero-order valence-electron chi connectivity index (χ0n) is 17.4. The van der Waals surface area contributed by atoms with Crippen molar-refractivity contribution in [3.8, 4) is 5.69 Å². The van der Waals surface area contributed by atoms with Crippen LogP contribution in [0.2, 0.25) is 0 Å². The molecule has 29 heavy (non-hydrogen) atoms. The zero-order valence-corrected chi connectivity index (χ0v) is 17.4. The molecule has 1 saturated carbocycles. The minimum absolute atomic E-state index is 0.0105. The second kappa shape index (κ2) is 9.07. The van der Waals surface area contributed by atoms with E-state index in [-0.39, 0.29) is 24.5 Å². The molecule has 1 aliphatic rings. The van der Waals surface area contributed by atoms with E-state index in [1.165, 1.54) is 5.57 Å². The van der Waals surface area contributed by atoms with E-state index in [9.17, 15) is 9.59 Å². The summed E-state index contributed by atoms with van der Waals surface area (Å²) in [5.74, 6) is -0.187. The van der Waals surface area contributed by atoms with Crippen LogP contribution in [0.15, 0.2) is 48.7 Å². The number of anilines is 1. The molecule has 0 radical (unpaired) electrons. The van der Waals surface area contributed by atoms with Crippen LogP contribution in [0.3, 0.4) is 0 Å². The van der Waals surface area contributed by atoms with Crippen LogP contribution in [-0.4, -0.2) is 34.3 Å². The van der Waals surface area contributed by atoms with Gasteiger partial charge in [-0.3, -0.25) is 9.69 Å². The number of amides is 1. The van der Waals surface area contributed by atoms with Crippen molar-refractivity contribution in [1.29, 1.82) is 0 Å². The van der Waals surface area contributed by atoms with Gasteiger partial charge in [0.2, 0.25) is 5.91 Å². The minimum atomic E-state index is -0.472. The number of carbonyl (C=O) groups is 2. The van der Waals surface area contributed by atoms with Gasteiger partial charge in [0.05, 0.1) is 12.3 Å². The van der Waals surface area contributed by atoms with Crippen LogP contribution >= 0.6 is 0 Å². The minimum Gasteiger partial charge on any atom is -0.462 e. The van der Waals surface area contributed by atoms with Crippen LogP contribution in [0.25, 0.3) is 5.69 Å². The molecule has 1 aliphatic carbocycles. The summed E-state index contributed by atoms with van der Waals surface area (Å²) in [5.41, 5.74) is 2.32. The molecule has 6 nitrogen and oxygen atoms in total. The first-order chi connectivity index (χ1) is 13.9. The van der Waals surface area contributed by atoms with Crippen molar-refractivity contribution in [2.45, 2.75) is 52.5 Å². The molecule has 1 heterocycles. The average Bonchev–Trinajstić information content (AvgIpc) is 3.14. The van der Waals surface area contributed by atoms with Gasteiger partial charge < -0.3 is 4.74 Å². The number of nitrogens with zero attached hydrogens (tertiary/aromatic N) is 3. The molecule has 0 N–H and O–H groups in total. The van der Waals surface area contributed by atoms with E-state index in [1.807, 2.05) is 44.2 Å². The van der Waals surface area contributed by atoms with Gasteiger partial charge in [0.15, 0.2) is 5.82 Å². The van der Waals surface area contributed by atoms with E-state index in [2.05, 4.69) is 11.7 Å². The second-order valence-corrected chi connectivity index (χ2v) is 7.69. The maximum Gasteiger partial charge on any atom is 0.343 e. The van der Waals surface area contributed by atoms with E-state index < -0.39 is 5.97 Å². The molecule has 1 fully saturated rings. The lowest BCUT2D eigenvalue weighted by molar-refractivity contribution is -0.123. The molecule has 3 rings (SSSR count). The van der Waals surface area contributed by atoms with Gasteiger partial charge in [0.25, 0.3) is 0 Å². The van der Waals surface area contributed by atoms with Gasteiger partial charge >= 0.3 is 5.97 Å². The van der Waals surface area contributed by atoms with Crippen LogP contribution < -0.4 is 4.90 Å². The average molecular weight is 396 g/mol. The highest BCUT2D eigenvalue weighted by atomic mass is 16.5. The number of rotatable bonds is 6.